The van der Waals surface area contributed by atoms with Gasteiger partial charge in [0.05, 0.1) is 0 Å². The summed E-state index contributed by atoms with van der Waals surface area (Å²) in [5, 5.41) is 3.20. The topological polar surface area (TPSA) is 29.1 Å². The fourth-order valence-electron chi connectivity index (χ4n) is 1.12. The van der Waals surface area contributed by atoms with E-state index in [-0.39, 0.29) is 5.78 Å². The van der Waals surface area contributed by atoms with Crippen molar-refractivity contribution in [2.45, 2.75) is 20.8 Å². The minimum atomic E-state index is 0.0896. The van der Waals surface area contributed by atoms with E-state index in [1.54, 1.807) is 6.92 Å². The van der Waals surface area contributed by atoms with Crippen molar-refractivity contribution in [2.75, 3.05) is 5.32 Å². The van der Waals surface area contributed by atoms with E-state index < -0.39 is 0 Å². The van der Waals surface area contributed by atoms with Crippen LogP contribution in [0.15, 0.2) is 36.0 Å². The lowest BCUT2D eigenvalue weighted by atomic mass is 10.1. The Morgan fingerprint density at radius 1 is 1.36 bits per heavy atom. The molecule has 0 saturated carbocycles. The predicted molar refractivity (Wildman–Crippen MR) is 59.5 cm³/mol. The van der Waals surface area contributed by atoms with Crippen molar-refractivity contribution in [3.8, 4) is 0 Å². The highest BCUT2D eigenvalue weighted by molar-refractivity contribution is 5.94. The number of rotatable bonds is 3. The van der Waals surface area contributed by atoms with Crippen LogP contribution in [0.3, 0.4) is 0 Å². The number of hydrogen-bond acceptors (Lipinski definition) is 2. The molecule has 0 unspecified atom stereocenters. The van der Waals surface area contributed by atoms with Gasteiger partial charge in [-0.15, -0.1) is 0 Å². The molecule has 0 fully saturated rings. The largest absolute Gasteiger partial charge is 0.359 e. The first-order valence-electron chi connectivity index (χ1n) is 4.64. The van der Waals surface area contributed by atoms with E-state index in [2.05, 4.69) is 5.32 Å². The molecule has 0 aliphatic heterocycles. The highest BCUT2D eigenvalue weighted by Gasteiger charge is 1.99. The molecule has 0 heterocycles. The fraction of sp³-hybridized carbons (Fsp3) is 0.250. The Balaban J connectivity index is 2.89. The van der Waals surface area contributed by atoms with Gasteiger partial charge >= 0.3 is 0 Å². The number of nitrogens with one attached hydrogen (secondary N) is 1. The average molecular weight is 189 g/mol. The molecule has 2 heteroatoms. The lowest BCUT2D eigenvalue weighted by Gasteiger charge is -2.06. The quantitative estimate of drug-likeness (QED) is 0.739. The highest BCUT2D eigenvalue weighted by Crippen LogP contribution is 2.13. The van der Waals surface area contributed by atoms with Crippen LogP contribution in [0, 0.1) is 0 Å². The first kappa shape index (κ1) is 10.5. The van der Waals surface area contributed by atoms with E-state index in [0.29, 0.717) is 0 Å². The second-order valence-corrected chi connectivity index (χ2v) is 3.23. The molecule has 1 rings (SSSR count). The second-order valence-electron chi connectivity index (χ2n) is 3.23. The van der Waals surface area contributed by atoms with Gasteiger partial charge in [0.2, 0.25) is 0 Å². The zero-order valence-electron chi connectivity index (χ0n) is 8.79. The molecular weight excluding hydrogens is 174 g/mol. The van der Waals surface area contributed by atoms with E-state index in [1.165, 1.54) is 0 Å². The molecule has 0 saturated heterocycles. The molecule has 1 aromatic carbocycles. The predicted octanol–water partition coefficient (Wildman–Crippen LogP) is 3.22. The number of ketones is 1. The Bertz CT molecular complexity index is 366. The Morgan fingerprint density at radius 3 is 2.64 bits per heavy atom. The Labute approximate surface area is 84.6 Å². The third-order valence-electron chi connectivity index (χ3n) is 2.04. The van der Waals surface area contributed by atoms with E-state index in [4.69, 9.17) is 0 Å². The monoisotopic (exact) mass is 189 g/mol. The first-order valence-corrected chi connectivity index (χ1v) is 4.64. The maximum absolute atomic E-state index is 11.1. The minimum absolute atomic E-state index is 0.0896. The molecule has 1 aromatic rings. The average Bonchev–Trinajstić information content (AvgIpc) is 2.18. The van der Waals surface area contributed by atoms with Gasteiger partial charge in [-0.1, -0.05) is 18.2 Å². The molecule has 0 aliphatic rings. The molecule has 1 N–H and O–H groups in total. The number of Topliss-reactive ketones (excluding diaryl/α,β-unsaturated/α-hetero) is 1. The minimum Gasteiger partial charge on any atom is -0.359 e. The molecule has 2 nitrogen and oxygen atoms in total. The van der Waals surface area contributed by atoms with E-state index in [0.717, 1.165) is 16.9 Å². The zero-order chi connectivity index (χ0) is 10.6. The molecule has 74 valence electrons. The number of benzene rings is 1. The van der Waals surface area contributed by atoms with Gasteiger partial charge in [-0.2, -0.15) is 0 Å². The van der Waals surface area contributed by atoms with Gasteiger partial charge in [0.1, 0.15) is 0 Å². The summed E-state index contributed by atoms with van der Waals surface area (Å²) in [7, 11) is 0. The van der Waals surface area contributed by atoms with Crippen LogP contribution in [-0.4, -0.2) is 5.78 Å². The van der Waals surface area contributed by atoms with Gasteiger partial charge in [0, 0.05) is 16.9 Å². The van der Waals surface area contributed by atoms with Crippen LogP contribution >= 0.6 is 0 Å². The number of carbonyl (C=O) groups is 1. The summed E-state index contributed by atoms with van der Waals surface area (Å²) in [6.07, 6.45) is 1.99. The summed E-state index contributed by atoms with van der Waals surface area (Å²) in [6.45, 7) is 5.53. The second kappa shape index (κ2) is 4.61. The van der Waals surface area contributed by atoms with Crippen LogP contribution in [-0.2, 0) is 0 Å². The molecule has 0 radical (unpaired) electrons. The van der Waals surface area contributed by atoms with Crippen LogP contribution < -0.4 is 5.32 Å². The zero-order valence-corrected chi connectivity index (χ0v) is 8.79. The summed E-state index contributed by atoms with van der Waals surface area (Å²) in [5.74, 6) is 0.0896. The van der Waals surface area contributed by atoms with Crippen molar-refractivity contribution in [1.29, 1.82) is 0 Å². The summed E-state index contributed by atoms with van der Waals surface area (Å²) in [5.41, 5.74) is 2.76. The van der Waals surface area contributed by atoms with Crippen molar-refractivity contribution < 1.29 is 4.79 Å². The maximum atomic E-state index is 11.1. The number of hydrogen-bond donors (Lipinski definition) is 1. The molecule has 0 amide bonds. The molecule has 0 bridgehead atoms. The SMILES string of the molecule is C/C=C(\C)Nc1cccc(C(C)=O)c1. The van der Waals surface area contributed by atoms with Crippen molar-refractivity contribution in [3.63, 3.8) is 0 Å². The van der Waals surface area contributed by atoms with Gasteiger partial charge in [0.25, 0.3) is 0 Å². The first-order chi connectivity index (χ1) is 6.63. The molecule has 0 atom stereocenters. The molecular formula is C12H15NO. The van der Waals surface area contributed by atoms with Gasteiger partial charge in [-0.3, -0.25) is 4.79 Å². The Hall–Kier alpha value is -1.57. The van der Waals surface area contributed by atoms with Gasteiger partial charge in [-0.25, -0.2) is 0 Å². The third kappa shape index (κ3) is 2.73. The normalized spacial score (nSPS) is 11.2. The summed E-state index contributed by atoms with van der Waals surface area (Å²) in [4.78, 5) is 11.1. The van der Waals surface area contributed by atoms with Crippen LogP contribution in [0.25, 0.3) is 0 Å². The van der Waals surface area contributed by atoms with Crippen LogP contribution in [0.5, 0.6) is 0 Å². The van der Waals surface area contributed by atoms with Gasteiger partial charge < -0.3 is 5.32 Å². The summed E-state index contributed by atoms with van der Waals surface area (Å²) in [6, 6.07) is 7.50. The van der Waals surface area contributed by atoms with Gasteiger partial charge in [-0.05, 0) is 32.9 Å². The van der Waals surface area contributed by atoms with E-state index in [9.17, 15) is 4.79 Å². The molecule has 14 heavy (non-hydrogen) atoms. The van der Waals surface area contributed by atoms with Crippen molar-refractivity contribution in [1.82, 2.24) is 0 Å². The van der Waals surface area contributed by atoms with Crippen molar-refractivity contribution in [3.05, 3.63) is 41.6 Å². The lowest BCUT2D eigenvalue weighted by molar-refractivity contribution is 0.101. The van der Waals surface area contributed by atoms with Crippen molar-refractivity contribution in [2.24, 2.45) is 0 Å². The van der Waals surface area contributed by atoms with E-state index >= 15 is 0 Å². The number of anilines is 1. The van der Waals surface area contributed by atoms with Crippen LogP contribution in [0.1, 0.15) is 31.1 Å². The lowest BCUT2D eigenvalue weighted by Crippen LogP contribution is -1.97. The number of allylic oxidation sites excluding steroid dienone is 2. The Kier molecular flexibility index (Phi) is 3.46. The Morgan fingerprint density at radius 2 is 2.07 bits per heavy atom. The maximum Gasteiger partial charge on any atom is 0.159 e. The summed E-state index contributed by atoms with van der Waals surface area (Å²) >= 11 is 0. The standard InChI is InChI=1S/C12H15NO/c1-4-9(2)13-12-7-5-6-11(8-12)10(3)14/h4-8,13H,1-3H3/b9-4+. The smallest absolute Gasteiger partial charge is 0.159 e. The van der Waals surface area contributed by atoms with E-state index in [1.807, 2.05) is 44.2 Å². The fourth-order valence-corrected chi connectivity index (χ4v) is 1.12. The highest BCUT2D eigenvalue weighted by atomic mass is 16.1. The molecule has 0 aromatic heterocycles. The van der Waals surface area contributed by atoms with Crippen LogP contribution in [0.2, 0.25) is 0 Å². The number of carbonyl (C=O) groups excluding carboxylic acids is 1. The molecule has 0 aliphatic carbocycles. The molecule has 0 spiro atoms. The van der Waals surface area contributed by atoms with Crippen LogP contribution in [0.4, 0.5) is 5.69 Å². The van der Waals surface area contributed by atoms with Gasteiger partial charge in [0.15, 0.2) is 5.78 Å². The third-order valence-corrected chi connectivity index (χ3v) is 2.04. The summed E-state index contributed by atoms with van der Waals surface area (Å²) < 4.78 is 0. The van der Waals surface area contributed by atoms with Crippen molar-refractivity contribution >= 4 is 11.5 Å².